The number of allylic oxidation sites excluding steroid dienone is 1. The minimum absolute atomic E-state index is 0.0549. The van der Waals surface area contributed by atoms with E-state index in [1.165, 1.54) is 51.4 Å². The molecule has 1 fully saturated rings. The van der Waals surface area contributed by atoms with Gasteiger partial charge in [-0.15, -0.1) is 6.58 Å². The maximum atomic E-state index is 10.2. The van der Waals surface area contributed by atoms with Gasteiger partial charge in [0.1, 0.15) is 0 Å². The Labute approximate surface area is 119 Å². The Morgan fingerprint density at radius 2 is 1.79 bits per heavy atom. The minimum Gasteiger partial charge on any atom is -0.393 e. The molecule has 1 saturated heterocycles. The fourth-order valence-electron chi connectivity index (χ4n) is 3.02. The van der Waals surface area contributed by atoms with Crippen molar-refractivity contribution in [2.75, 3.05) is 13.1 Å². The van der Waals surface area contributed by atoms with E-state index in [-0.39, 0.29) is 6.10 Å². The van der Waals surface area contributed by atoms with Gasteiger partial charge in [-0.05, 0) is 57.5 Å². The van der Waals surface area contributed by atoms with Crippen molar-refractivity contribution in [2.45, 2.75) is 76.7 Å². The molecule has 2 unspecified atom stereocenters. The lowest BCUT2D eigenvalue weighted by Gasteiger charge is -2.20. The fraction of sp³-hybridized carbons (Fsp3) is 0.882. The first-order chi connectivity index (χ1) is 9.34. The SMILES string of the molecule is C=CCCCCCCCCC(O)C1CCCNCC1. The molecule has 2 atom stereocenters. The van der Waals surface area contributed by atoms with Crippen molar-refractivity contribution in [2.24, 2.45) is 5.92 Å². The molecule has 1 aliphatic heterocycles. The first-order valence-electron chi connectivity index (χ1n) is 8.34. The van der Waals surface area contributed by atoms with Crippen molar-refractivity contribution in [3.8, 4) is 0 Å². The second-order valence-electron chi connectivity index (χ2n) is 6.00. The van der Waals surface area contributed by atoms with E-state index >= 15 is 0 Å². The average Bonchev–Trinajstić information content (AvgIpc) is 2.70. The normalized spacial score (nSPS) is 21.8. The predicted molar refractivity (Wildman–Crippen MR) is 83.4 cm³/mol. The monoisotopic (exact) mass is 267 g/mol. The number of aliphatic hydroxyl groups is 1. The topological polar surface area (TPSA) is 32.3 Å². The van der Waals surface area contributed by atoms with Gasteiger partial charge in [0.25, 0.3) is 0 Å². The van der Waals surface area contributed by atoms with Crippen molar-refractivity contribution < 1.29 is 5.11 Å². The van der Waals surface area contributed by atoms with E-state index in [9.17, 15) is 5.11 Å². The molecule has 0 spiro atoms. The molecule has 2 N–H and O–H groups in total. The van der Waals surface area contributed by atoms with Crippen LogP contribution in [0.25, 0.3) is 0 Å². The van der Waals surface area contributed by atoms with Gasteiger partial charge in [0, 0.05) is 0 Å². The van der Waals surface area contributed by atoms with E-state index in [4.69, 9.17) is 0 Å². The highest BCUT2D eigenvalue weighted by Gasteiger charge is 2.19. The van der Waals surface area contributed by atoms with Gasteiger partial charge >= 0.3 is 0 Å². The second-order valence-corrected chi connectivity index (χ2v) is 6.00. The number of rotatable bonds is 10. The Bertz CT molecular complexity index is 209. The highest BCUT2D eigenvalue weighted by atomic mass is 16.3. The predicted octanol–water partition coefficient (Wildman–Crippen LogP) is 4.04. The molecule has 1 aliphatic rings. The van der Waals surface area contributed by atoms with Crippen LogP contribution in [0.2, 0.25) is 0 Å². The molecule has 0 bridgehead atoms. The summed E-state index contributed by atoms with van der Waals surface area (Å²) in [5.74, 6) is 0.544. The number of nitrogens with one attached hydrogen (secondary N) is 1. The van der Waals surface area contributed by atoms with E-state index in [1.807, 2.05) is 6.08 Å². The summed E-state index contributed by atoms with van der Waals surface area (Å²) < 4.78 is 0. The van der Waals surface area contributed by atoms with Crippen molar-refractivity contribution in [3.63, 3.8) is 0 Å². The minimum atomic E-state index is -0.0549. The van der Waals surface area contributed by atoms with Crippen LogP contribution in [-0.4, -0.2) is 24.3 Å². The summed E-state index contributed by atoms with van der Waals surface area (Å²) in [6.45, 7) is 5.97. The van der Waals surface area contributed by atoms with Crippen molar-refractivity contribution in [1.29, 1.82) is 0 Å². The zero-order valence-corrected chi connectivity index (χ0v) is 12.6. The smallest absolute Gasteiger partial charge is 0.0568 e. The van der Waals surface area contributed by atoms with Crippen LogP contribution in [-0.2, 0) is 0 Å². The van der Waals surface area contributed by atoms with Gasteiger partial charge in [-0.25, -0.2) is 0 Å². The molecule has 1 rings (SSSR count). The third-order valence-corrected chi connectivity index (χ3v) is 4.32. The number of hydrogen-bond donors (Lipinski definition) is 2. The Morgan fingerprint density at radius 1 is 1.05 bits per heavy atom. The van der Waals surface area contributed by atoms with Crippen LogP contribution in [0.15, 0.2) is 12.7 Å². The van der Waals surface area contributed by atoms with Gasteiger partial charge < -0.3 is 10.4 Å². The van der Waals surface area contributed by atoms with Gasteiger partial charge in [-0.1, -0.05) is 38.2 Å². The standard InChI is InChI=1S/C17H33NO/c1-2-3-4-5-6-7-8-9-12-17(19)16-11-10-14-18-15-13-16/h2,16-19H,1,3-15H2. The van der Waals surface area contributed by atoms with Gasteiger partial charge in [0.2, 0.25) is 0 Å². The molecule has 0 amide bonds. The zero-order chi connectivity index (χ0) is 13.8. The molecule has 0 aromatic carbocycles. The van der Waals surface area contributed by atoms with Crippen LogP contribution < -0.4 is 5.32 Å². The van der Waals surface area contributed by atoms with Gasteiger partial charge in [-0.2, -0.15) is 0 Å². The summed E-state index contributed by atoms with van der Waals surface area (Å²) in [7, 11) is 0. The zero-order valence-electron chi connectivity index (χ0n) is 12.6. The van der Waals surface area contributed by atoms with Crippen LogP contribution >= 0.6 is 0 Å². The number of hydrogen-bond acceptors (Lipinski definition) is 2. The molecule has 19 heavy (non-hydrogen) atoms. The lowest BCUT2D eigenvalue weighted by Crippen LogP contribution is -2.22. The third-order valence-electron chi connectivity index (χ3n) is 4.32. The van der Waals surface area contributed by atoms with Gasteiger partial charge in [0.15, 0.2) is 0 Å². The van der Waals surface area contributed by atoms with Crippen molar-refractivity contribution in [3.05, 3.63) is 12.7 Å². The number of aliphatic hydroxyl groups excluding tert-OH is 1. The van der Waals surface area contributed by atoms with Crippen LogP contribution in [0.4, 0.5) is 0 Å². The lowest BCUT2D eigenvalue weighted by atomic mass is 9.91. The largest absolute Gasteiger partial charge is 0.393 e. The van der Waals surface area contributed by atoms with Crippen LogP contribution in [0.3, 0.4) is 0 Å². The highest BCUT2D eigenvalue weighted by molar-refractivity contribution is 4.73. The summed E-state index contributed by atoms with van der Waals surface area (Å²) in [4.78, 5) is 0. The maximum Gasteiger partial charge on any atom is 0.0568 e. The molecular weight excluding hydrogens is 234 g/mol. The fourth-order valence-corrected chi connectivity index (χ4v) is 3.02. The van der Waals surface area contributed by atoms with Gasteiger partial charge in [0.05, 0.1) is 6.10 Å². The molecule has 112 valence electrons. The third kappa shape index (κ3) is 8.43. The molecule has 2 nitrogen and oxygen atoms in total. The van der Waals surface area contributed by atoms with Crippen LogP contribution in [0, 0.1) is 5.92 Å². The lowest BCUT2D eigenvalue weighted by molar-refractivity contribution is 0.0891. The Balaban J connectivity index is 1.94. The van der Waals surface area contributed by atoms with E-state index in [2.05, 4.69) is 11.9 Å². The molecule has 0 aromatic rings. The Hall–Kier alpha value is -0.340. The first-order valence-corrected chi connectivity index (χ1v) is 8.34. The Kier molecular flexibility index (Phi) is 10.1. The second kappa shape index (κ2) is 11.5. The van der Waals surface area contributed by atoms with Crippen molar-refractivity contribution >= 4 is 0 Å². The van der Waals surface area contributed by atoms with Gasteiger partial charge in [-0.3, -0.25) is 0 Å². The molecule has 0 radical (unpaired) electrons. The number of unbranched alkanes of at least 4 members (excludes halogenated alkanes) is 6. The van der Waals surface area contributed by atoms with E-state index < -0.39 is 0 Å². The summed E-state index contributed by atoms with van der Waals surface area (Å²) in [6, 6.07) is 0. The maximum absolute atomic E-state index is 10.2. The molecule has 0 saturated carbocycles. The van der Waals surface area contributed by atoms with E-state index in [0.29, 0.717) is 5.92 Å². The Morgan fingerprint density at radius 3 is 2.58 bits per heavy atom. The van der Waals surface area contributed by atoms with E-state index in [1.54, 1.807) is 0 Å². The first kappa shape index (κ1) is 16.7. The van der Waals surface area contributed by atoms with Crippen LogP contribution in [0.1, 0.15) is 70.6 Å². The molecule has 0 aliphatic carbocycles. The van der Waals surface area contributed by atoms with Crippen LogP contribution in [0.5, 0.6) is 0 Å². The molecular formula is C17H33NO. The summed E-state index contributed by atoms with van der Waals surface area (Å²) in [6.07, 6.45) is 15.5. The summed E-state index contributed by atoms with van der Waals surface area (Å²) >= 11 is 0. The summed E-state index contributed by atoms with van der Waals surface area (Å²) in [5.41, 5.74) is 0. The molecule has 0 aromatic heterocycles. The van der Waals surface area contributed by atoms with E-state index in [0.717, 1.165) is 32.4 Å². The quantitative estimate of drug-likeness (QED) is 0.462. The summed E-state index contributed by atoms with van der Waals surface area (Å²) in [5, 5.41) is 13.6. The molecule has 1 heterocycles. The highest BCUT2D eigenvalue weighted by Crippen LogP contribution is 2.22. The van der Waals surface area contributed by atoms with Crippen molar-refractivity contribution in [1.82, 2.24) is 5.32 Å². The average molecular weight is 267 g/mol. The molecule has 2 heteroatoms.